The second-order valence-electron chi connectivity index (χ2n) is 10.2. The van der Waals surface area contributed by atoms with Crippen LogP contribution >= 0.6 is 11.6 Å². The van der Waals surface area contributed by atoms with Crippen molar-refractivity contribution in [1.29, 1.82) is 0 Å². The standard InChI is InChI=1S/C30H34ClFO4/c1-19-15-22(10-11-24(19)29(34)35)26-8-6-5-7-25(26)20(2)36-18-23(33)13-14-30(3,4)17-21-9-12-27(31)28(32)16-21/h5-12,15-16,20,23,33H,13-14,17-18H2,1-4H3,(H,34,35)/t20-,23-/m1/s1. The predicted molar refractivity (Wildman–Crippen MR) is 142 cm³/mol. The van der Waals surface area contributed by atoms with E-state index in [0.29, 0.717) is 18.4 Å². The van der Waals surface area contributed by atoms with Crippen LogP contribution in [-0.2, 0) is 11.2 Å². The van der Waals surface area contributed by atoms with Gasteiger partial charge in [-0.25, -0.2) is 9.18 Å². The van der Waals surface area contributed by atoms with Gasteiger partial charge in [-0.15, -0.1) is 0 Å². The second kappa shape index (κ2) is 12.0. The van der Waals surface area contributed by atoms with Crippen LogP contribution in [0.15, 0.2) is 60.7 Å². The Balaban J connectivity index is 1.59. The van der Waals surface area contributed by atoms with Gasteiger partial charge in [0.2, 0.25) is 0 Å². The molecule has 0 fully saturated rings. The Kier molecular flexibility index (Phi) is 9.29. The van der Waals surface area contributed by atoms with E-state index in [0.717, 1.165) is 28.7 Å². The van der Waals surface area contributed by atoms with E-state index in [2.05, 4.69) is 13.8 Å². The molecule has 0 heterocycles. The number of aromatic carboxylic acids is 1. The van der Waals surface area contributed by atoms with E-state index >= 15 is 0 Å². The van der Waals surface area contributed by atoms with Crippen molar-refractivity contribution < 1.29 is 24.1 Å². The molecule has 0 saturated heterocycles. The van der Waals surface area contributed by atoms with E-state index < -0.39 is 17.9 Å². The van der Waals surface area contributed by atoms with Crippen molar-refractivity contribution >= 4 is 17.6 Å². The van der Waals surface area contributed by atoms with Crippen molar-refractivity contribution in [2.75, 3.05) is 6.61 Å². The highest BCUT2D eigenvalue weighted by molar-refractivity contribution is 6.30. The van der Waals surface area contributed by atoms with Gasteiger partial charge in [0.15, 0.2) is 0 Å². The van der Waals surface area contributed by atoms with E-state index in [1.807, 2.05) is 49.4 Å². The summed E-state index contributed by atoms with van der Waals surface area (Å²) in [5, 5.41) is 20.0. The summed E-state index contributed by atoms with van der Waals surface area (Å²) >= 11 is 5.78. The molecule has 2 N–H and O–H groups in total. The van der Waals surface area contributed by atoms with Crippen LogP contribution in [0.3, 0.4) is 0 Å². The Hall–Kier alpha value is -2.73. The van der Waals surface area contributed by atoms with E-state index in [1.54, 1.807) is 19.1 Å². The van der Waals surface area contributed by atoms with Gasteiger partial charge in [0.05, 0.1) is 29.4 Å². The number of benzene rings is 3. The summed E-state index contributed by atoms with van der Waals surface area (Å²) in [6.45, 7) is 8.13. The average molecular weight is 513 g/mol. The van der Waals surface area contributed by atoms with E-state index in [4.69, 9.17) is 16.3 Å². The zero-order valence-corrected chi connectivity index (χ0v) is 22.0. The number of aliphatic hydroxyl groups is 1. The van der Waals surface area contributed by atoms with Crippen LogP contribution in [0.1, 0.15) is 66.8 Å². The molecule has 0 aliphatic rings. The smallest absolute Gasteiger partial charge is 0.335 e. The quantitative estimate of drug-likeness (QED) is 0.277. The highest BCUT2D eigenvalue weighted by atomic mass is 35.5. The minimum atomic E-state index is -0.943. The molecule has 3 aromatic carbocycles. The Bertz CT molecular complexity index is 1210. The summed E-state index contributed by atoms with van der Waals surface area (Å²) in [6, 6.07) is 18.0. The number of halogens is 2. The van der Waals surface area contributed by atoms with Crippen molar-refractivity contribution in [3.05, 3.63) is 93.8 Å². The third-order valence-corrected chi connectivity index (χ3v) is 6.83. The summed E-state index contributed by atoms with van der Waals surface area (Å²) < 4.78 is 19.8. The zero-order chi connectivity index (χ0) is 26.5. The molecule has 0 bridgehead atoms. The molecule has 0 saturated carbocycles. The topological polar surface area (TPSA) is 66.8 Å². The van der Waals surface area contributed by atoms with E-state index in [9.17, 15) is 19.4 Å². The lowest BCUT2D eigenvalue weighted by Crippen LogP contribution is -2.22. The molecule has 36 heavy (non-hydrogen) atoms. The monoisotopic (exact) mass is 512 g/mol. The highest BCUT2D eigenvalue weighted by Crippen LogP contribution is 2.32. The maximum Gasteiger partial charge on any atom is 0.335 e. The van der Waals surface area contributed by atoms with Gasteiger partial charge in [-0.3, -0.25) is 0 Å². The fraction of sp³-hybridized carbons (Fsp3) is 0.367. The number of carboxylic acids is 1. The normalized spacial score (nSPS) is 13.4. The van der Waals surface area contributed by atoms with Crippen LogP contribution in [0.4, 0.5) is 4.39 Å². The van der Waals surface area contributed by atoms with Gasteiger partial charge in [0.1, 0.15) is 5.82 Å². The SMILES string of the molecule is Cc1cc(-c2ccccc2[C@@H](C)OC[C@H](O)CCC(C)(C)Cc2ccc(Cl)c(F)c2)ccc1C(=O)O. The Morgan fingerprint density at radius 2 is 1.83 bits per heavy atom. The summed E-state index contributed by atoms with van der Waals surface area (Å²) in [5.41, 5.74) is 4.59. The Labute approximate surface area is 217 Å². The van der Waals surface area contributed by atoms with Gasteiger partial charge >= 0.3 is 5.97 Å². The summed E-state index contributed by atoms with van der Waals surface area (Å²) in [7, 11) is 0. The molecule has 0 aliphatic carbocycles. The van der Waals surface area contributed by atoms with Crippen LogP contribution in [0.2, 0.25) is 5.02 Å². The maximum atomic E-state index is 13.8. The molecule has 0 radical (unpaired) electrons. The first kappa shape index (κ1) is 27.9. The molecule has 192 valence electrons. The number of aliphatic hydroxyl groups excluding tert-OH is 1. The number of rotatable bonds is 11. The molecule has 0 spiro atoms. The number of carbonyl (C=O) groups is 1. The molecule has 3 aromatic rings. The number of hydrogen-bond donors (Lipinski definition) is 2. The molecular weight excluding hydrogens is 479 g/mol. The van der Waals surface area contributed by atoms with E-state index in [1.165, 1.54) is 6.07 Å². The van der Waals surface area contributed by atoms with Crippen molar-refractivity contribution in [2.45, 2.75) is 59.2 Å². The molecule has 3 rings (SSSR count). The Morgan fingerprint density at radius 1 is 1.11 bits per heavy atom. The first-order valence-corrected chi connectivity index (χ1v) is 12.5. The van der Waals surface area contributed by atoms with Crippen LogP contribution in [0.5, 0.6) is 0 Å². The van der Waals surface area contributed by atoms with Gasteiger partial charge in [-0.1, -0.05) is 67.9 Å². The van der Waals surface area contributed by atoms with Crippen molar-refractivity contribution in [1.82, 2.24) is 0 Å². The maximum absolute atomic E-state index is 13.8. The minimum absolute atomic E-state index is 0.118. The fourth-order valence-corrected chi connectivity index (χ4v) is 4.58. The summed E-state index contributed by atoms with van der Waals surface area (Å²) in [6.07, 6.45) is 1.10. The molecule has 4 nitrogen and oxygen atoms in total. The third-order valence-electron chi connectivity index (χ3n) is 6.53. The summed E-state index contributed by atoms with van der Waals surface area (Å²) in [5.74, 6) is -1.36. The van der Waals surface area contributed by atoms with Crippen LogP contribution in [0, 0.1) is 18.2 Å². The molecule has 2 atom stereocenters. The third kappa shape index (κ3) is 7.39. The van der Waals surface area contributed by atoms with Gasteiger partial charge in [-0.05, 0) is 84.5 Å². The number of ether oxygens (including phenoxy) is 1. The largest absolute Gasteiger partial charge is 0.478 e. The van der Waals surface area contributed by atoms with Gasteiger partial charge < -0.3 is 14.9 Å². The molecule has 0 aliphatic heterocycles. The number of aryl methyl sites for hydroxylation is 1. The molecular formula is C30H34ClFO4. The van der Waals surface area contributed by atoms with Crippen molar-refractivity contribution in [2.24, 2.45) is 5.41 Å². The first-order valence-electron chi connectivity index (χ1n) is 12.1. The zero-order valence-electron chi connectivity index (χ0n) is 21.2. The first-order chi connectivity index (χ1) is 17.0. The van der Waals surface area contributed by atoms with Gasteiger partial charge in [0, 0.05) is 0 Å². The second-order valence-corrected chi connectivity index (χ2v) is 10.6. The van der Waals surface area contributed by atoms with E-state index in [-0.39, 0.29) is 28.7 Å². The number of carboxylic acid groups (broad SMARTS) is 1. The lowest BCUT2D eigenvalue weighted by molar-refractivity contribution is -0.00933. The highest BCUT2D eigenvalue weighted by Gasteiger charge is 2.22. The fourth-order valence-electron chi connectivity index (χ4n) is 4.46. The average Bonchev–Trinajstić information content (AvgIpc) is 2.83. The van der Waals surface area contributed by atoms with Crippen LogP contribution < -0.4 is 0 Å². The molecule has 0 aromatic heterocycles. The molecule has 0 unspecified atom stereocenters. The summed E-state index contributed by atoms with van der Waals surface area (Å²) in [4.78, 5) is 11.4. The lowest BCUT2D eigenvalue weighted by Gasteiger charge is -2.27. The number of hydrogen-bond acceptors (Lipinski definition) is 3. The van der Waals surface area contributed by atoms with Gasteiger partial charge in [-0.2, -0.15) is 0 Å². The molecule has 6 heteroatoms. The lowest BCUT2D eigenvalue weighted by atomic mass is 9.81. The van der Waals surface area contributed by atoms with Crippen molar-refractivity contribution in [3.63, 3.8) is 0 Å². The molecule has 0 amide bonds. The van der Waals surface area contributed by atoms with Crippen LogP contribution in [-0.4, -0.2) is 28.9 Å². The Morgan fingerprint density at radius 3 is 2.50 bits per heavy atom. The predicted octanol–water partition coefficient (Wildman–Crippen LogP) is 7.64. The van der Waals surface area contributed by atoms with Gasteiger partial charge in [0.25, 0.3) is 0 Å². The van der Waals surface area contributed by atoms with Crippen LogP contribution in [0.25, 0.3) is 11.1 Å². The minimum Gasteiger partial charge on any atom is -0.478 e. The van der Waals surface area contributed by atoms with Crippen molar-refractivity contribution in [3.8, 4) is 11.1 Å².